The van der Waals surface area contributed by atoms with E-state index in [4.69, 9.17) is 23.7 Å². The van der Waals surface area contributed by atoms with Gasteiger partial charge < -0.3 is 39.4 Å². The number of aliphatic hydroxyl groups excluding tert-OH is 1. The standard InChI is InChI=1S/C37H52N2O9/c1-24(12-15-31-25(2)20-30(27(4)47-31)39-34(42)17-14-26(3)46-28(5)40)13-16-32-35(43)37(23-45-37)22-36(6,48-32)44-19-18-33(41)38-21-29-10-8-7-9-11-29/h7-14,16-17,25-27,30-32,35,43H,15,18-23H2,1-6H3,(H,38,41)(H,39,42)/b16-13+,17-14-,24-12+/t25-,26-,27+,30+,31-,32+,35+,36-,37+/m0/s1. The maximum atomic E-state index is 12.4. The highest BCUT2D eigenvalue weighted by Crippen LogP contribution is 2.47. The summed E-state index contributed by atoms with van der Waals surface area (Å²) in [5, 5.41) is 17.0. The smallest absolute Gasteiger partial charge is 0.303 e. The van der Waals surface area contributed by atoms with Gasteiger partial charge in [0.05, 0.1) is 37.9 Å². The fourth-order valence-corrected chi connectivity index (χ4v) is 6.27. The van der Waals surface area contributed by atoms with Crippen LogP contribution in [-0.2, 0) is 44.6 Å². The summed E-state index contributed by atoms with van der Waals surface area (Å²) in [4.78, 5) is 35.9. The van der Waals surface area contributed by atoms with Crippen molar-refractivity contribution in [1.82, 2.24) is 10.6 Å². The second kappa shape index (κ2) is 16.8. The molecule has 11 nitrogen and oxygen atoms in total. The van der Waals surface area contributed by atoms with Crippen molar-refractivity contribution in [1.29, 1.82) is 0 Å². The van der Waals surface area contributed by atoms with Crippen LogP contribution in [-0.4, -0.2) is 84.1 Å². The first-order valence-electron chi connectivity index (χ1n) is 16.9. The topological polar surface area (TPSA) is 145 Å². The van der Waals surface area contributed by atoms with Gasteiger partial charge in [0.15, 0.2) is 5.79 Å². The van der Waals surface area contributed by atoms with Crippen molar-refractivity contribution < 1.29 is 43.2 Å². The number of allylic oxidation sites excluding steroid dienone is 2. The van der Waals surface area contributed by atoms with Gasteiger partial charge in [-0.1, -0.05) is 61.1 Å². The van der Waals surface area contributed by atoms with Gasteiger partial charge in [-0.3, -0.25) is 14.4 Å². The van der Waals surface area contributed by atoms with Gasteiger partial charge in [-0.05, 0) is 58.1 Å². The second-order valence-electron chi connectivity index (χ2n) is 13.5. The summed E-state index contributed by atoms with van der Waals surface area (Å²) in [6.45, 7) is 12.0. The molecule has 0 aliphatic carbocycles. The Morgan fingerprint density at radius 3 is 2.56 bits per heavy atom. The third kappa shape index (κ3) is 11.1. The lowest BCUT2D eigenvalue weighted by molar-refractivity contribution is -0.294. The predicted octanol–water partition coefficient (Wildman–Crippen LogP) is 4.04. The molecule has 3 saturated heterocycles. The molecule has 0 bridgehead atoms. The van der Waals surface area contributed by atoms with E-state index in [2.05, 4.69) is 23.6 Å². The van der Waals surface area contributed by atoms with Crippen molar-refractivity contribution in [2.75, 3.05) is 13.2 Å². The Labute approximate surface area is 284 Å². The van der Waals surface area contributed by atoms with Crippen LogP contribution in [0.15, 0.2) is 66.3 Å². The average Bonchev–Trinajstić information content (AvgIpc) is 3.80. The van der Waals surface area contributed by atoms with Crippen LogP contribution in [0.25, 0.3) is 0 Å². The number of esters is 1. The van der Waals surface area contributed by atoms with E-state index in [-0.39, 0.29) is 49.0 Å². The van der Waals surface area contributed by atoms with Crippen molar-refractivity contribution in [3.63, 3.8) is 0 Å². The number of nitrogens with one attached hydrogen (secondary N) is 2. The van der Waals surface area contributed by atoms with Crippen molar-refractivity contribution in [2.45, 2.75) is 122 Å². The van der Waals surface area contributed by atoms with Crippen LogP contribution >= 0.6 is 0 Å². The Morgan fingerprint density at radius 2 is 1.88 bits per heavy atom. The van der Waals surface area contributed by atoms with E-state index in [0.717, 1.165) is 17.6 Å². The number of epoxide rings is 1. The highest BCUT2D eigenvalue weighted by Gasteiger charge is 2.62. The monoisotopic (exact) mass is 668 g/mol. The predicted molar refractivity (Wildman–Crippen MR) is 179 cm³/mol. The van der Waals surface area contributed by atoms with Gasteiger partial charge in [0.2, 0.25) is 11.8 Å². The van der Waals surface area contributed by atoms with Gasteiger partial charge in [-0.15, -0.1) is 0 Å². The first kappa shape index (κ1) is 37.5. The normalized spacial score (nSPS) is 32.7. The molecule has 4 rings (SSSR count). The molecule has 1 aromatic carbocycles. The molecule has 2 amide bonds. The third-order valence-corrected chi connectivity index (χ3v) is 9.08. The molecule has 0 unspecified atom stereocenters. The molecule has 3 fully saturated rings. The van der Waals surface area contributed by atoms with Crippen LogP contribution in [0.5, 0.6) is 0 Å². The molecule has 3 heterocycles. The Morgan fingerprint density at radius 1 is 1.15 bits per heavy atom. The molecule has 0 radical (unpaired) electrons. The number of hydrogen-bond donors (Lipinski definition) is 3. The zero-order chi connectivity index (χ0) is 34.9. The third-order valence-electron chi connectivity index (χ3n) is 9.08. The van der Waals surface area contributed by atoms with Crippen molar-refractivity contribution in [3.05, 3.63) is 71.8 Å². The van der Waals surface area contributed by atoms with Gasteiger partial charge in [0, 0.05) is 26.0 Å². The van der Waals surface area contributed by atoms with Crippen LogP contribution in [0.4, 0.5) is 0 Å². The highest BCUT2D eigenvalue weighted by atomic mass is 16.7. The van der Waals surface area contributed by atoms with Gasteiger partial charge >= 0.3 is 5.97 Å². The Bertz CT molecular complexity index is 1340. The van der Waals surface area contributed by atoms with E-state index < -0.39 is 35.7 Å². The highest BCUT2D eigenvalue weighted by molar-refractivity contribution is 5.87. The number of carbonyl (C=O) groups excluding carboxylic acids is 3. The molecule has 264 valence electrons. The Hall–Kier alpha value is -3.35. The second-order valence-corrected chi connectivity index (χ2v) is 13.5. The maximum absolute atomic E-state index is 12.4. The van der Waals surface area contributed by atoms with Gasteiger partial charge in [0.1, 0.15) is 23.9 Å². The van der Waals surface area contributed by atoms with Crippen LogP contribution in [0, 0.1) is 5.92 Å². The quantitative estimate of drug-likeness (QED) is 0.116. The molecule has 1 aromatic rings. The van der Waals surface area contributed by atoms with Gasteiger partial charge in [-0.2, -0.15) is 0 Å². The SMILES string of the molecule is CC(=O)O[C@@H](C)/C=C\C(=O)N[C@@H]1C[C@H](C)[C@H](C/C=C(C)/C=C/[C@H]2O[C@](C)(OCCC(=O)NCc3ccccc3)C[C@@]3(CO3)[C@@H]2O)O[C@@H]1C. The lowest BCUT2D eigenvalue weighted by atomic mass is 9.87. The fraction of sp³-hybridized carbons (Fsp3) is 0.595. The molecule has 0 aromatic heterocycles. The van der Waals surface area contributed by atoms with Gasteiger partial charge in [-0.25, -0.2) is 0 Å². The largest absolute Gasteiger partial charge is 0.459 e. The van der Waals surface area contributed by atoms with Crippen LogP contribution in [0.3, 0.4) is 0 Å². The fourth-order valence-electron chi connectivity index (χ4n) is 6.27. The van der Waals surface area contributed by atoms with Crippen LogP contribution in [0.1, 0.15) is 72.8 Å². The molecular weight excluding hydrogens is 616 g/mol. The van der Waals surface area contributed by atoms with Gasteiger partial charge in [0.25, 0.3) is 0 Å². The lowest BCUT2D eigenvalue weighted by Gasteiger charge is -2.43. The minimum atomic E-state index is -1.02. The average molecular weight is 669 g/mol. The molecule has 3 aliphatic heterocycles. The minimum Gasteiger partial charge on any atom is -0.459 e. The summed E-state index contributed by atoms with van der Waals surface area (Å²) < 4.78 is 29.4. The summed E-state index contributed by atoms with van der Waals surface area (Å²) in [5.41, 5.74) is 1.29. The lowest BCUT2D eigenvalue weighted by Crippen LogP contribution is -2.56. The zero-order valence-electron chi connectivity index (χ0n) is 29.0. The summed E-state index contributed by atoms with van der Waals surface area (Å²) >= 11 is 0. The number of ether oxygens (including phenoxy) is 5. The van der Waals surface area contributed by atoms with E-state index in [0.29, 0.717) is 26.0 Å². The van der Waals surface area contributed by atoms with Crippen molar-refractivity contribution >= 4 is 17.8 Å². The zero-order valence-corrected chi connectivity index (χ0v) is 29.0. The number of aliphatic hydroxyl groups is 1. The summed E-state index contributed by atoms with van der Waals surface area (Å²) in [7, 11) is 0. The molecule has 11 heteroatoms. The van der Waals surface area contributed by atoms with E-state index in [1.54, 1.807) is 13.0 Å². The summed E-state index contributed by atoms with van der Waals surface area (Å²) in [5.74, 6) is -1.58. The molecule has 3 N–H and O–H groups in total. The van der Waals surface area contributed by atoms with E-state index in [9.17, 15) is 19.5 Å². The number of carbonyl (C=O) groups is 3. The molecule has 0 saturated carbocycles. The molecule has 1 spiro atoms. The minimum absolute atomic E-state index is 0.0164. The van der Waals surface area contributed by atoms with Crippen molar-refractivity contribution in [2.24, 2.45) is 5.92 Å². The van der Waals surface area contributed by atoms with E-state index >= 15 is 0 Å². The summed E-state index contributed by atoms with van der Waals surface area (Å²) in [6.07, 6.45) is 8.65. The van der Waals surface area contributed by atoms with Crippen molar-refractivity contribution in [3.8, 4) is 0 Å². The number of benzene rings is 1. The van der Waals surface area contributed by atoms with Crippen LogP contribution in [0.2, 0.25) is 0 Å². The van der Waals surface area contributed by atoms with E-state index in [1.165, 1.54) is 13.0 Å². The van der Waals surface area contributed by atoms with E-state index in [1.807, 2.05) is 63.3 Å². The molecule has 9 atom stereocenters. The molecular formula is C37H52N2O9. The summed E-state index contributed by atoms with van der Waals surface area (Å²) in [6, 6.07) is 9.59. The van der Waals surface area contributed by atoms with Crippen LogP contribution < -0.4 is 10.6 Å². The number of amides is 2. The Balaban J connectivity index is 1.24. The number of rotatable bonds is 14. The first-order valence-corrected chi connectivity index (χ1v) is 16.9. The Kier molecular flexibility index (Phi) is 13.2. The maximum Gasteiger partial charge on any atom is 0.303 e. The first-order chi connectivity index (χ1) is 22.8. The number of hydrogen-bond acceptors (Lipinski definition) is 9. The molecule has 3 aliphatic rings. The molecule has 48 heavy (non-hydrogen) atoms.